The molecule has 1 heterocycles. The molecule has 1 unspecified atom stereocenters. The average Bonchev–Trinajstić information content (AvgIpc) is 2.32. The van der Waals surface area contributed by atoms with E-state index in [-0.39, 0.29) is 30.0 Å². The zero-order valence-electron chi connectivity index (χ0n) is 10.5. The second-order valence-electron chi connectivity index (χ2n) is 4.06. The van der Waals surface area contributed by atoms with E-state index in [9.17, 15) is 13.2 Å². The van der Waals surface area contributed by atoms with E-state index in [1.165, 1.54) is 11.9 Å². The average molecular weight is 315 g/mol. The lowest BCUT2D eigenvalue weighted by molar-refractivity contribution is -0.207. The first-order chi connectivity index (χ1) is 9.20. The van der Waals surface area contributed by atoms with Crippen molar-refractivity contribution in [1.29, 1.82) is 0 Å². The van der Waals surface area contributed by atoms with Gasteiger partial charge in [-0.3, -0.25) is 0 Å². The summed E-state index contributed by atoms with van der Waals surface area (Å²) >= 11 is 5.53. The van der Waals surface area contributed by atoms with Gasteiger partial charge in [0, 0.05) is 19.6 Å². The predicted octanol–water partition coefficient (Wildman–Crippen LogP) is 0.374. The molecule has 0 aliphatic rings. The number of anilines is 2. The van der Waals surface area contributed by atoms with Crippen molar-refractivity contribution in [2.75, 3.05) is 37.7 Å². The van der Waals surface area contributed by atoms with Crippen LogP contribution in [-0.2, 0) is 0 Å². The van der Waals surface area contributed by atoms with Gasteiger partial charge in [0.1, 0.15) is 0 Å². The number of nitrogens with zero attached hydrogens (tertiary/aromatic N) is 4. The van der Waals surface area contributed by atoms with Crippen LogP contribution in [0.15, 0.2) is 0 Å². The van der Waals surface area contributed by atoms with Crippen LogP contribution in [-0.4, -0.2) is 64.1 Å². The van der Waals surface area contributed by atoms with E-state index in [1.54, 1.807) is 0 Å². The van der Waals surface area contributed by atoms with E-state index >= 15 is 0 Å². The number of aromatic nitrogens is 3. The normalized spacial score (nSPS) is 13.6. The van der Waals surface area contributed by atoms with Gasteiger partial charge in [-0.05, 0) is 7.05 Å². The van der Waals surface area contributed by atoms with Crippen LogP contribution in [0.25, 0.3) is 0 Å². The fraction of sp³-hybridized carbons (Fsp3) is 0.667. The highest BCUT2D eigenvalue weighted by Crippen LogP contribution is 2.20. The summed E-state index contributed by atoms with van der Waals surface area (Å²) in [6.07, 6.45) is -7.00. The molecule has 0 spiro atoms. The molecule has 1 aromatic heterocycles. The van der Waals surface area contributed by atoms with E-state index in [2.05, 4.69) is 20.5 Å². The van der Waals surface area contributed by atoms with Gasteiger partial charge in [-0.1, -0.05) is 11.6 Å². The maximum absolute atomic E-state index is 12.1. The number of hydrogen-bond donors (Lipinski definition) is 3. The summed E-state index contributed by atoms with van der Waals surface area (Å²) < 4.78 is 36.4. The van der Waals surface area contributed by atoms with Crippen molar-refractivity contribution in [3.8, 4) is 0 Å². The van der Waals surface area contributed by atoms with Crippen molar-refractivity contribution < 1.29 is 18.3 Å². The largest absolute Gasteiger partial charge is 0.415 e. The van der Waals surface area contributed by atoms with Gasteiger partial charge in [-0.25, -0.2) is 0 Å². The van der Waals surface area contributed by atoms with E-state index in [0.29, 0.717) is 0 Å². The van der Waals surface area contributed by atoms with Crippen LogP contribution in [0.5, 0.6) is 0 Å². The van der Waals surface area contributed by atoms with Crippen molar-refractivity contribution in [3.63, 3.8) is 0 Å². The van der Waals surface area contributed by atoms with E-state index < -0.39 is 18.8 Å². The Labute approximate surface area is 117 Å². The molecule has 0 bridgehead atoms. The molecule has 0 radical (unpaired) electrons. The summed E-state index contributed by atoms with van der Waals surface area (Å²) in [7, 11) is 1.45. The summed E-state index contributed by atoms with van der Waals surface area (Å²) in [6.45, 7) is -0.0318. The predicted molar refractivity (Wildman–Crippen MR) is 67.3 cm³/mol. The standard InChI is InChI=1S/C9H14ClF3N6O/c1-19(4-5(20)9(11,12)13)3-2-15-8-16-7(14)6(10)17-18-8/h5,20H,2-4H2,1H3,(H3,14,15,16,18). The molecule has 11 heteroatoms. The maximum Gasteiger partial charge on any atom is 0.415 e. The minimum Gasteiger partial charge on any atom is -0.382 e. The zero-order chi connectivity index (χ0) is 15.3. The highest BCUT2D eigenvalue weighted by molar-refractivity contribution is 6.31. The first kappa shape index (κ1) is 16.7. The second-order valence-corrected chi connectivity index (χ2v) is 4.42. The number of aliphatic hydroxyl groups excluding tert-OH is 1. The van der Waals surface area contributed by atoms with Crippen LogP contribution in [0.4, 0.5) is 24.9 Å². The van der Waals surface area contributed by atoms with Crippen LogP contribution in [0.3, 0.4) is 0 Å². The van der Waals surface area contributed by atoms with Crippen LogP contribution in [0, 0.1) is 0 Å². The van der Waals surface area contributed by atoms with E-state index in [4.69, 9.17) is 22.4 Å². The fourth-order valence-corrected chi connectivity index (χ4v) is 1.33. The van der Waals surface area contributed by atoms with Gasteiger partial charge in [-0.2, -0.15) is 18.2 Å². The van der Waals surface area contributed by atoms with Gasteiger partial charge >= 0.3 is 6.18 Å². The number of rotatable bonds is 6. The lowest BCUT2D eigenvalue weighted by atomic mass is 10.3. The fourth-order valence-electron chi connectivity index (χ4n) is 1.25. The molecular formula is C9H14ClF3N6O. The molecule has 7 nitrogen and oxygen atoms in total. The van der Waals surface area contributed by atoms with Crippen molar-refractivity contribution in [1.82, 2.24) is 20.1 Å². The Morgan fingerprint density at radius 2 is 2.10 bits per heavy atom. The second kappa shape index (κ2) is 6.86. The minimum absolute atomic E-state index is 0.00464. The van der Waals surface area contributed by atoms with Crippen molar-refractivity contribution >= 4 is 23.4 Å². The van der Waals surface area contributed by atoms with Crippen molar-refractivity contribution in [2.24, 2.45) is 0 Å². The molecule has 0 saturated carbocycles. The quantitative estimate of drug-likeness (QED) is 0.697. The minimum atomic E-state index is -4.63. The first-order valence-corrected chi connectivity index (χ1v) is 5.91. The van der Waals surface area contributed by atoms with Gasteiger partial charge in [0.15, 0.2) is 17.1 Å². The number of hydrogen-bond acceptors (Lipinski definition) is 7. The summed E-state index contributed by atoms with van der Waals surface area (Å²) in [4.78, 5) is 5.10. The molecular weight excluding hydrogens is 301 g/mol. The summed E-state index contributed by atoms with van der Waals surface area (Å²) in [5, 5.41) is 18.7. The number of nitrogens with two attached hydrogens (primary N) is 1. The topological polar surface area (TPSA) is 100 Å². The number of nitrogen functional groups attached to an aromatic ring is 1. The lowest BCUT2D eigenvalue weighted by Gasteiger charge is -2.22. The van der Waals surface area contributed by atoms with Crippen molar-refractivity contribution in [3.05, 3.63) is 5.15 Å². The first-order valence-electron chi connectivity index (χ1n) is 5.53. The number of likely N-dealkylation sites (N-methyl/N-ethyl adjacent to an activating group) is 1. The van der Waals surface area contributed by atoms with E-state index in [1.807, 2.05) is 0 Å². The maximum atomic E-state index is 12.1. The Hall–Kier alpha value is -1.39. The lowest BCUT2D eigenvalue weighted by Crippen LogP contribution is -2.40. The Balaban J connectivity index is 2.35. The molecule has 20 heavy (non-hydrogen) atoms. The summed E-state index contributed by atoms with van der Waals surface area (Å²) in [6, 6.07) is 0. The SMILES string of the molecule is CN(CCNc1nnc(Cl)c(N)n1)CC(O)C(F)(F)F. The number of aliphatic hydroxyl groups is 1. The van der Waals surface area contributed by atoms with Crippen LogP contribution in [0.2, 0.25) is 5.15 Å². The summed E-state index contributed by atoms with van der Waals surface area (Å²) in [5.41, 5.74) is 5.41. The molecule has 1 atom stereocenters. The zero-order valence-corrected chi connectivity index (χ0v) is 11.3. The highest BCUT2D eigenvalue weighted by Gasteiger charge is 2.38. The molecule has 1 rings (SSSR count). The van der Waals surface area contributed by atoms with Crippen LogP contribution < -0.4 is 11.1 Å². The molecule has 0 aromatic carbocycles. The molecule has 0 amide bonds. The van der Waals surface area contributed by atoms with Gasteiger partial charge in [-0.15, -0.1) is 10.2 Å². The monoisotopic (exact) mass is 314 g/mol. The molecule has 0 fully saturated rings. The molecule has 1 aromatic rings. The highest BCUT2D eigenvalue weighted by atomic mass is 35.5. The third kappa shape index (κ3) is 5.31. The Kier molecular flexibility index (Phi) is 5.72. The molecule has 0 aliphatic heterocycles. The van der Waals surface area contributed by atoms with E-state index in [0.717, 1.165) is 0 Å². The van der Waals surface area contributed by atoms with Crippen LogP contribution >= 0.6 is 11.6 Å². The number of alkyl halides is 3. The number of nitrogens with one attached hydrogen (secondary N) is 1. The molecule has 0 aliphatic carbocycles. The smallest absolute Gasteiger partial charge is 0.382 e. The summed E-state index contributed by atoms with van der Waals surface area (Å²) in [5.74, 6) is 0.127. The van der Waals surface area contributed by atoms with Gasteiger partial charge in [0.2, 0.25) is 5.95 Å². The van der Waals surface area contributed by atoms with Crippen LogP contribution in [0.1, 0.15) is 0 Å². The molecule has 114 valence electrons. The Morgan fingerprint density at radius 1 is 1.45 bits per heavy atom. The van der Waals surface area contributed by atoms with Crippen molar-refractivity contribution in [2.45, 2.75) is 12.3 Å². The van der Waals surface area contributed by atoms with Gasteiger partial charge in [0.25, 0.3) is 0 Å². The van der Waals surface area contributed by atoms with Gasteiger partial charge in [0.05, 0.1) is 0 Å². The van der Waals surface area contributed by atoms with Gasteiger partial charge < -0.3 is 21.1 Å². The molecule has 0 saturated heterocycles. The Bertz CT molecular complexity index is 446. The number of halogens is 4. The third-order valence-corrected chi connectivity index (χ3v) is 2.58. The molecule has 4 N–H and O–H groups in total. The third-order valence-electron chi connectivity index (χ3n) is 2.31. The Morgan fingerprint density at radius 3 is 2.65 bits per heavy atom.